The second-order valence-corrected chi connectivity index (χ2v) is 14.3. The number of hydrogen-bond acceptors (Lipinski definition) is 4. The molecule has 3 saturated carbocycles. The Morgan fingerprint density at radius 3 is 2.42 bits per heavy atom. The number of hydrogen-bond donors (Lipinski definition) is 1. The summed E-state index contributed by atoms with van der Waals surface area (Å²) in [7, 11) is 0. The summed E-state index contributed by atoms with van der Waals surface area (Å²) in [6.45, 7) is 10.9. The van der Waals surface area contributed by atoms with Gasteiger partial charge in [-0.25, -0.2) is 0 Å². The van der Waals surface area contributed by atoms with E-state index in [1.165, 1.54) is 6.42 Å². The highest BCUT2D eigenvalue weighted by Gasteiger charge is 2.68. The lowest BCUT2D eigenvalue weighted by Gasteiger charge is -2.69. The van der Waals surface area contributed by atoms with Crippen LogP contribution in [0.25, 0.3) is 0 Å². The first-order valence-corrected chi connectivity index (χ1v) is 15.5. The average molecular weight is 524 g/mol. The summed E-state index contributed by atoms with van der Waals surface area (Å²) in [5.74, 6) is 2.87. The number of ether oxygens (including phenoxy) is 2. The number of piperidine rings is 1. The molecule has 210 valence electrons. The zero-order valence-corrected chi connectivity index (χ0v) is 24.1. The quantitative estimate of drug-likeness (QED) is 0.500. The maximum Gasteiger partial charge on any atom is 0.252 e. The van der Waals surface area contributed by atoms with Crippen molar-refractivity contribution in [3.05, 3.63) is 30.3 Å². The van der Waals surface area contributed by atoms with Crippen molar-refractivity contribution in [2.24, 2.45) is 28.6 Å². The molecule has 5 heteroatoms. The number of carbonyl (C=O) groups is 1. The van der Waals surface area contributed by atoms with E-state index in [4.69, 9.17) is 9.47 Å². The van der Waals surface area contributed by atoms with Crippen LogP contribution in [0.15, 0.2) is 30.3 Å². The SMILES string of the molecule is C[C@]12CC[C@H]3[C@@H](CC[C@@]4(C)C(Oc5ccccc5)[C@](C)(O)CC[C@]34C)[C@@H]1CCCN2C(=O)[C@H]1CCCCO1. The van der Waals surface area contributed by atoms with Gasteiger partial charge in [-0.2, -0.15) is 0 Å². The number of nitrogens with zero attached hydrogens (tertiary/aromatic N) is 1. The molecule has 5 aliphatic rings. The van der Waals surface area contributed by atoms with Crippen LogP contribution in [0.5, 0.6) is 5.75 Å². The third-order valence-corrected chi connectivity index (χ3v) is 12.4. The van der Waals surface area contributed by atoms with E-state index in [1.54, 1.807) is 0 Å². The predicted molar refractivity (Wildman–Crippen MR) is 149 cm³/mol. The van der Waals surface area contributed by atoms with Crippen LogP contribution in [-0.4, -0.2) is 52.4 Å². The van der Waals surface area contributed by atoms with Crippen molar-refractivity contribution in [3.8, 4) is 5.75 Å². The molecular weight excluding hydrogens is 474 g/mol. The third-order valence-electron chi connectivity index (χ3n) is 12.4. The topological polar surface area (TPSA) is 59.0 Å². The summed E-state index contributed by atoms with van der Waals surface area (Å²) in [6, 6.07) is 10.1. The van der Waals surface area contributed by atoms with E-state index in [-0.39, 0.29) is 34.5 Å². The Hall–Kier alpha value is -1.59. The molecule has 38 heavy (non-hydrogen) atoms. The molecule has 2 aliphatic heterocycles. The normalized spacial score (nSPS) is 46.9. The standard InChI is InChI=1S/C33H49NO4/c1-30-19-20-33(4,36)29(38-23-11-6-5-7-12-23)31(30,2)17-15-24-25(30)16-18-32(3)26(24)13-10-21-34(32)28(35)27-14-8-9-22-37-27/h5-7,11-12,24-27,29,36H,8-10,13-22H2,1-4H3/t24-,25+,26+,27-,29?,30-,31+,32+,33-/m1/s1. The van der Waals surface area contributed by atoms with E-state index < -0.39 is 5.60 Å². The van der Waals surface area contributed by atoms with Crippen molar-refractivity contribution in [1.29, 1.82) is 0 Å². The fourth-order valence-corrected chi connectivity index (χ4v) is 10.1. The summed E-state index contributed by atoms with van der Waals surface area (Å²) >= 11 is 0. The molecule has 1 amide bonds. The summed E-state index contributed by atoms with van der Waals surface area (Å²) in [5, 5.41) is 11.7. The van der Waals surface area contributed by atoms with Gasteiger partial charge in [0.1, 0.15) is 18.0 Å². The summed E-state index contributed by atoms with van der Waals surface area (Å²) in [6.07, 6.45) is 11.2. The molecule has 0 radical (unpaired) electrons. The van der Waals surface area contributed by atoms with Crippen molar-refractivity contribution in [2.45, 2.75) is 122 Å². The Kier molecular flexibility index (Phi) is 6.66. The first kappa shape index (κ1) is 26.6. The van der Waals surface area contributed by atoms with E-state index in [0.29, 0.717) is 17.8 Å². The zero-order chi connectivity index (χ0) is 26.8. The van der Waals surface area contributed by atoms with Crippen LogP contribution in [0, 0.1) is 28.6 Å². The molecule has 2 saturated heterocycles. The number of carbonyl (C=O) groups excluding carboxylic acids is 1. The van der Waals surface area contributed by atoms with Gasteiger partial charge in [0.05, 0.1) is 5.60 Å². The molecule has 1 aromatic carbocycles. The molecule has 1 unspecified atom stereocenters. The van der Waals surface area contributed by atoms with Gasteiger partial charge in [-0.1, -0.05) is 32.0 Å². The Morgan fingerprint density at radius 1 is 0.895 bits per heavy atom. The van der Waals surface area contributed by atoms with Crippen LogP contribution in [0.1, 0.15) is 98.3 Å². The molecule has 0 aromatic heterocycles. The molecule has 2 heterocycles. The second-order valence-electron chi connectivity index (χ2n) is 14.3. The summed E-state index contributed by atoms with van der Waals surface area (Å²) < 4.78 is 12.7. The Labute approximate surface area is 229 Å². The van der Waals surface area contributed by atoms with Crippen molar-refractivity contribution in [3.63, 3.8) is 0 Å². The van der Waals surface area contributed by atoms with Crippen LogP contribution >= 0.6 is 0 Å². The summed E-state index contributed by atoms with van der Waals surface area (Å²) in [4.78, 5) is 16.0. The number of fused-ring (bicyclic) bond motifs is 5. The molecular formula is C33H49NO4. The number of aliphatic hydroxyl groups is 1. The van der Waals surface area contributed by atoms with Crippen molar-refractivity contribution < 1.29 is 19.4 Å². The van der Waals surface area contributed by atoms with Crippen LogP contribution in [0.2, 0.25) is 0 Å². The Morgan fingerprint density at radius 2 is 1.68 bits per heavy atom. The first-order chi connectivity index (χ1) is 18.1. The monoisotopic (exact) mass is 523 g/mol. The van der Waals surface area contributed by atoms with Gasteiger partial charge < -0.3 is 19.5 Å². The maximum atomic E-state index is 13.8. The van der Waals surface area contributed by atoms with Crippen molar-refractivity contribution >= 4 is 5.91 Å². The number of likely N-dealkylation sites (tertiary alicyclic amines) is 1. The Balaban J connectivity index is 1.28. The van der Waals surface area contributed by atoms with E-state index in [1.807, 2.05) is 37.3 Å². The molecule has 0 bridgehead atoms. The lowest BCUT2D eigenvalue weighted by Crippen LogP contribution is -2.70. The van der Waals surface area contributed by atoms with Gasteiger partial charge in [0.25, 0.3) is 5.91 Å². The minimum absolute atomic E-state index is 0.0679. The maximum absolute atomic E-state index is 13.8. The van der Waals surface area contributed by atoms with Gasteiger partial charge in [0.15, 0.2) is 0 Å². The highest BCUT2D eigenvalue weighted by Crippen LogP contribution is 2.69. The average Bonchev–Trinajstić information content (AvgIpc) is 2.92. The van der Waals surface area contributed by atoms with Crippen LogP contribution in [0.3, 0.4) is 0 Å². The lowest BCUT2D eigenvalue weighted by atomic mass is 9.39. The largest absolute Gasteiger partial charge is 0.487 e. The van der Waals surface area contributed by atoms with Gasteiger partial charge >= 0.3 is 0 Å². The van der Waals surface area contributed by atoms with E-state index in [9.17, 15) is 9.90 Å². The second kappa shape index (κ2) is 9.51. The number of benzene rings is 1. The molecule has 5 nitrogen and oxygen atoms in total. The van der Waals surface area contributed by atoms with E-state index in [0.717, 1.165) is 83.1 Å². The van der Waals surface area contributed by atoms with Crippen LogP contribution in [0.4, 0.5) is 0 Å². The fraction of sp³-hybridized carbons (Fsp3) is 0.788. The summed E-state index contributed by atoms with van der Waals surface area (Å²) in [5.41, 5.74) is -0.938. The predicted octanol–water partition coefficient (Wildman–Crippen LogP) is 6.38. The third kappa shape index (κ3) is 3.97. The molecule has 3 aliphatic carbocycles. The molecule has 1 aromatic rings. The molecule has 9 atom stereocenters. The van der Waals surface area contributed by atoms with Gasteiger partial charge in [-0.15, -0.1) is 0 Å². The van der Waals surface area contributed by atoms with Gasteiger partial charge in [-0.05, 0) is 120 Å². The van der Waals surface area contributed by atoms with Gasteiger partial charge in [0.2, 0.25) is 0 Å². The minimum atomic E-state index is -0.853. The highest BCUT2D eigenvalue weighted by molar-refractivity contribution is 5.82. The Bertz CT molecular complexity index is 1020. The smallest absolute Gasteiger partial charge is 0.252 e. The fourth-order valence-electron chi connectivity index (χ4n) is 10.1. The number of amides is 1. The molecule has 1 N–H and O–H groups in total. The van der Waals surface area contributed by atoms with Gasteiger partial charge in [-0.3, -0.25) is 4.79 Å². The zero-order valence-electron chi connectivity index (χ0n) is 24.1. The van der Waals surface area contributed by atoms with E-state index >= 15 is 0 Å². The van der Waals surface area contributed by atoms with Crippen molar-refractivity contribution in [2.75, 3.05) is 13.2 Å². The minimum Gasteiger partial charge on any atom is -0.487 e. The molecule has 0 spiro atoms. The van der Waals surface area contributed by atoms with E-state index in [2.05, 4.69) is 25.7 Å². The van der Waals surface area contributed by atoms with Crippen LogP contribution < -0.4 is 4.74 Å². The number of para-hydroxylation sites is 1. The van der Waals surface area contributed by atoms with Crippen LogP contribution in [-0.2, 0) is 9.53 Å². The molecule has 5 fully saturated rings. The number of rotatable bonds is 3. The first-order valence-electron chi connectivity index (χ1n) is 15.5. The van der Waals surface area contributed by atoms with Crippen molar-refractivity contribution in [1.82, 2.24) is 4.90 Å². The lowest BCUT2D eigenvalue weighted by molar-refractivity contribution is -0.245. The molecule has 6 rings (SSSR count). The highest BCUT2D eigenvalue weighted by atomic mass is 16.5. The van der Waals surface area contributed by atoms with Gasteiger partial charge in [0, 0.05) is 24.1 Å².